The maximum atomic E-state index is 10.4. The van der Waals surface area contributed by atoms with Crippen molar-refractivity contribution in [2.45, 2.75) is 0 Å². The molecule has 0 aliphatic rings. The van der Waals surface area contributed by atoms with Gasteiger partial charge in [0, 0.05) is 12.4 Å². The fourth-order valence-corrected chi connectivity index (χ4v) is 1.48. The number of pyridine rings is 2. The molecule has 0 saturated carbocycles. The van der Waals surface area contributed by atoms with Crippen LogP contribution in [0.3, 0.4) is 0 Å². The summed E-state index contributed by atoms with van der Waals surface area (Å²) in [5.74, 6) is -5.84. The van der Waals surface area contributed by atoms with Gasteiger partial charge in [-0.2, -0.15) is 0 Å². The molecule has 2 heterocycles. The van der Waals surface area contributed by atoms with Crippen LogP contribution in [0.1, 0.15) is 41.7 Å². The van der Waals surface area contributed by atoms with Crippen molar-refractivity contribution >= 4 is 23.9 Å². The van der Waals surface area contributed by atoms with Crippen LogP contribution in [-0.4, -0.2) is 44.1 Å². The van der Waals surface area contributed by atoms with Crippen molar-refractivity contribution < 1.29 is 67.3 Å². The second-order valence-corrected chi connectivity index (χ2v) is 3.98. The third kappa shape index (κ3) is 8.02. The number of hydrogen-bond acceptors (Lipinski definition) is 8. The summed E-state index contributed by atoms with van der Waals surface area (Å²) in [6, 6.07) is 4.99. The Bertz CT molecular complexity index is 678. The normalized spacial score (nSPS) is 8.30. The predicted octanol–water partition coefficient (Wildman–Crippen LogP) is -3.56. The van der Waals surface area contributed by atoms with Crippen molar-refractivity contribution in [3.8, 4) is 0 Å². The largest absolute Gasteiger partial charge is 2.00 e. The molecule has 0 fully saturated rings. The number of carboxylic acid groups (broad SMARTS) is 4. The van der Waals surface area contributed by atoms with Gasteiger partial charge in [0.15, 0.2) is 0 Å². The molecule has 0 unspecified atom stereocenters. The summed E-state index contributed by atoms with van der Waals surface area (Å²) in [4.78, 5) is 48.1. The van der Waals surface area contributed by atoms with Crippen molar-refractivity contribution in [3.05, 3.63) is 59.2 Å². The zero-order chi connectivity index (χ0) is 18.3. The Morgan fingerprint density at radius 1 is 0.741 bits per heavy atom. The number of aromatic nitrogens is 2. The zero-order valence-electron chi connectivity index (χ0n) is 13.2. The van der Waals surface area contributed by atoms with E-state index in [-0.39, 0.29) is 38.9 Å². The number of carbonyl (C=O) groups excluding carboxylic acids is 2. The minimum Gasteiger partial charge on any atom is -0.543 e. The summed E-state index contributed by atoms with van der Waals surface area (Å²) in [6.07, 6.45) is 2.38. The van der Waals surface area contributed by atoms with E-state index in [1.54, 1.807) is 0 Å². The summed E-state index contributed by atoms with van der Waals surface area (Å²) in [7, 11) is 0. The summed E-state index contributed by atoms with van der Waals surface area (Å²) in [6.45, 7) is 0. The third-order valence-corrected chi connectivity index (χ3v) is 2.46. The summed E-state index contributed by atoms with van der Waals surface area (Å²) in [5, 5.41) is 37.5. The molecule has 0 aliphatic heterocycles. The number of hydrogen-bond donors (Lipinski definition) is 2. The quantitative estimate of drug-likeness (QED) is 0.452. The molecule has 2 aromatic rings. The number of carboxylic acids is 4. The number of carbonyl (C=O) groups is 4. The van der Waals surface area contributed by atoms with Crippen LogP contribution >= 0.6 is 0 Å². The molecule has 0 saturated heterocycles. The topological polar surface area (TPSA) is 247 Å². The molecule has 2 rings (SSSR count). The molecule has 0 amide bonds. The van der Waals surface area contributed by atoms with Gasteiger partial charge in [-0.1, -0.05) is 0 Å². The van der Waals surface area contributed by atoms with Crippen LogP contribution in [0.4, 0.5) is 0 Å². The van der Waals surface area contributed by atoms with E-state index in [4.69, 9.17) is 10.2 Å². The predicted molar refractivity (Wildman–Crippen MR) is 80.8 cm³/mol. The van der Waals surface area contributed by atoms with Gasteiger partial charge >= 0.3 is 28.7 Å². The van der Waals surface area contributed by atoms with Gasteiger partial charge in [-0.05, 0) is 24.3 Å². The van der Waals surface area contributed by atoms with Gasteiger partial charge in [-0.3, -0.25) is 9.97 Å². The van der Waals surface area contributed by atoms with E-state index in [0.29, 0.717) is 0 Å². The van der Waals surface area contributed by atoms with Crippen LogP contribution in [-0.2, 0) is 27.7 Å². The third-order valence-electron chi connectivity index (χ3n) is 2.46. The first-order valence-corrected chi connectivity index (χ1v) is 6.05. The molecule has 13 heteroatoms. The first kappa shape index (κ1) is 28.4. The molecule has 2 aromatic heterocycles. The van der Waals surface area contributed by atoms with Gasteiger partial charge in [0.2, 0.25) is 0 Å². The fraction of sp³-hybridized carbons (Fsp3) is 0. The van der Waals surface area contributed by atoms with Crippen molar-refractivity contribution in [3.63, 3.8) is 0 Å². The Balaban J connectivity index is -0.000000384. The smallest absolute Gasteiger partial charge is 0.543 e. The van der Waals surface area contributed by atoms with E-state index < -0.39 is 35.3 Å². The summed E-state index contributed by atoms with van der Waals surface area (Å²) < 4.78 is 0. The van der Waals surface area contributed by atoms with Gasteiger partial charge in [-0.15, -0.1) is 0 Å². The van der Waals surface area contributed by atoms with Crippen LogP contribution in [0, 0.1) is 0 Å². The van der Waals surface area contributed by atoms with E-state index in [1.165, 1.54) is 24.5 Å². The van der Waals surface area contributed by atoms with Crippen LogP contribution in [0.2, 0.25) is 0 Å². The Morgan fingerprint density at radius 3 is 1.22 bits per heavy atom. The molecule has 8 N–H and O–H groups in total. The van der Waals surface area contributed by atoms with Crippen LogP contribution in [0.25, 0.3) is 0 Å². The monoisotopic (exact) mass is 429 g/mol. The maximum Gasteiger partial charge on any atom is 2.00 e. The van der Waals surface area contributed by atoms with Crippen molar-refractivity contribution in [2.75, 3.05) is 0 Å². The van der Waals surface area contributed by atoms with E-state index in [0.717, 1.165) is 12.1 Å². The van der Waals surface area contributed by atoms with E-state index in [2.05, 4.69) is 9.97 Å². The molecule has 0 atom stereocenters. The Kier molecular flexibility index (Phi) is 13.6. The van der Waals surface area contributed by atoms with E-state index >= 15 is 0 Å². The number of nitrogens with zero attached hydrogens (tertiary/aromatic N) is 2. The molecular formula is C14H14CoN2O10+2. The SMILES string of the molecule is O=C(O)c1cccnc1C(=O)[O-].O=C(O)c1cccnc1C(=O)[O-].[Co+2].[OH3+].[OH3+]. The zero-order valence-corrected chi connectivity index (χ0v) is 14.2. The average Bonchev–Trinajstić information content (AvgIpc) is 2.55. The molecule has 0 aromatic carbocycles. The fourth-order valence-electron chi connectivity index (χ4n) is 1.48. The van der Waals surface area contributed by atoms with Crippen LogP contribution < -0.4 is 10.2 Å². The van der Waals surface area contributed by atoms with E-state index in [1.807, 2.05) is 0 Å². The van der Waals surface area contributed by atoms with Crippen molar-refractivity contribution in [1.82, 2.24) is 9.97 Å². The number of rotatable bonds is 4. The van der Waals surface area contributed by atoms with Gasteiger partial charge in [-0.25, -0.2) is 9.59 Å². The van der Waals surface area contributed by atoms with Crippen LogP contribution in [0.15, 0.2) is 36.7 Å². The second kappa shape index (κ2) is 12.9. The van der Waals surface area contributed by atoms with Gasteiger partial charge < -0.3 is 41.0 Å². The molecule has 27 heavy (non-hydrogen) atoms. The molecule has 147 valence electrons. The summed E-state index contributed by atoms with van der Waals surface area (Å²) in [5.41, 5.74) is -1.83. The molecular weight excluding hydrogens is 415 g/mol. The van der Waals surface area contributed by atoms with Gasteiger partial charge in [0.1, 0.15) is 11.4 Å². The van der Waals surface area contributed by atoms with Gasteiger partial charge in [0.25, 0.3) is 0 Å². The number of aromatic carboxylic acids is 4. The van der Waals surface area contributed by atoms with Crippen LogP contribution in [0.5, 0.6) is 0 Å². The van der Waals surface area contributed by atoms with Crippen molar-refractivity contribution in [1.29, 1.82) is 0 Å². The Hall–Kier alpha value is -3.39. The average molecular weight is 429 g/mol. The molecule has 12 nitrogen and oxygen atoms in total. The standard InChI is InChI=1S/2C7H5NO4.Co.2H2O/c2*9-6(10)4-2-1-3-8-5(4)7(11)12;;;/h2*1-3H,(H,9,10)(H,11,12);;2*1H2/q;;+2;;. The molecule has 0 aliphatic carbocycles. The molecule has 0 bridgehead atoms. The molecule has 1 radical (unpaired) electrons. The molecule has 0 spiro atoms. The first-order chi connectivity index (χ1) is 11.3. The second-order valence-electron chi connectivity index (χ2n) is 3.98. The Morgan fingerprint density at radius 2 is 1.04 bits per heavy atom. The van der Waals surface area contributed by atoms with Gasteiger partial charge in [0.05, 0.1) is 23.1 Å². The minimum atomic E-state index is -1.59. The maximum absolute atomic E-state index is 10.4. The summed E-state index contributed by atoms with van der Waals surface area (Å²) >= 11 is 0. The first-order valence-electron chi connectivity index (χ1n) is 6.05. The minimum absolute atomic E-state index is 0. The Labute approximate surface area is 160 Å². The van der Waals surface area contributed by atoms with E-state index in [9.17, 15) is 29.4 Å². The van der Waals surface area contributed by atoms with Crippen molar-refractivity contribution in [2.24, 2.45) is 0 Å².